The molecular weight excluding hydrogens is 434 g/mol. The summed E-state index contributed by atoms with van der Waals surface area (Å²) in [5.74, 6) is -0.678. The van der Waals surface area contributed by atoms with Gasteiger partial charge in [0.1, 0.15) is 0 Å². The number of aliphatic hydroxyl groups excluding tert-OH is 1. The third-order valence-electron chi connectivity index (χ3n) is 6.43. The minimum absolute atomic E-state index is 0.0154. The molecule has 1 aromatic heterocycles. The van der Waals surface area contributed by atoms with Crippen molar-refractivity contribution in [3.63, 3.8) is 0 Å². The molecule has 0 radical (unpaired) electrons. The summed E-state index contributed by atoms with van der Waals surface area (Å²) in [5.41, 5.74) is 4.90. The number of hydrogen-bond donors (Lipinski definition) is 5. The Labute approximate surface area is 189 Å². The third-order valence-corrected chi connectivity index (χ3v) is 6.43. The van der Waals surface area contributed by atoms with Crippen molar-refractivity contribution in [2.75, 3.05) is 32.7 Å². The standard InChI is InChI=1S/C20H22N4O5.CH3NO2/c1-9-15(22-10-4-5-13(28-2)21-6-10)18(27)14-11(8-25)20(29-3)19-12(23-19)7-24(20)16(14)17(9)26;2-1(3)4/h4-6,11-12,19,22-23,25H,7-8H2,1-3H3;2H2,(H,3,4). The highest BCUT2D eigenvalue weighted by Crippen LogP contribution is 2.55. The molecule has 4 atom stereocenters. The first-order valence-corrected chi connectivity index (χ1v) is 10.2. The largest absolute Gasteiger partial charge is 0.481 e. The van der Waals surface area contributed by atoms with Crippen molar-refractivity contribution in [3.8, 4) is 5.88 Å². The molecule has 0 spiro atoms. The van der Waals surface area contributed by atoms with E-state index in [9.17, 15) is 14.7 Å². The monoisotopic (exact) mass is 459 g/mol. The second kappa shape index (κ2) is 8.14. The molecule has 4 heterocycles. The number of nitrogens with two attached hydrogens (primary N) is 1. The van der Waals surface area contributed by atoms with Crippen LogP contribution < -0.4 is 21.1 Å². The number of aliphatic hydroxyl groups is 1. The lowest BCUT2D eigenvalue weighted by Gasteiger charge is -2.39. The Morgan fingerprint density at radius 1 is 1.36 bits per heavy atom. The average Bonchev–Trinajstić information content (AvgIpc) is 3.40. The lowest BCUT2D eigenvalue weighted by molar-refractivity contribution is -0.137. The molecule has 5 rings (SSSR count). The van der Waals surface area contributed by atoms with E-state index in [1.807, 2.05) is 4.90 Å². The Bertz CT molecular complexity index is 1080. The van der Waals surface area contributed by atoms with Crippen molar-refractivity contribution < 1.29 is 34.1 Å². The van der Waals surface area contributed by atoms with Gasteiger partial charge in [0.2, 0.25) is 17.4 Å². The second-order valence-corrected chi connectivity index (χ2v) is 8.03. The predicted octanol–water partition coefficient (Wildman–Crippen LogP) is -0.574. The van der Waals surface area contributed by atoms with E-state index >= 15 is 0 Å². The van der Waals surface area contributed by atoms with Gasteiger partial charge in [0.15, 0.2) is 5.72 Å². The number of piperazine rings is 1. The van der Waals surface area contributed by atoms with Gasteiger partial charge in [-0.25, -0.2) is 9.78 Å². The molecule has 6 N–H and O–H groups in total. The van der Waals surface area contributed by atoms with Gasteiger partial charge in [0.05, 0.1) is 49.0 Å². The number of amides is 1. The maximum Gasteiger partial charge on any atom is 0.402 e. The van der Waals surface area contributed by atoms with Gasteiger partial charge < -0.3 is 41.0 Å². The zero-order valence-electron chi connectivity index (χ0n) is 18.3. The van der Waals surface area contributed by atoms with Crippen LogP contribution in [-0.4, -0.2) is 82.9 Å². The minimum Gasteiger partial charge on any atom is -0.481 e. The third kappa shape index (κ3) is 3.34. The van der Waals surface area contributed by atoms with Crippen LogP contribution in [0.5, 0.6) is 5.88 Å². The highest BCUT2D eigenvalue weighted by atomic mass is 16.5. The molecule has 0 saturated carbocycles. The number of ketones is 2. The minimum atomic E-state index is -1.33. The average molecular weight is 459 g/mol. The number of methoxy groups -OCH3 is 2. The summed E-state index contributed by atoms with van der Waals surface area (Å²) < 4.78 is 10.9. The van der Waals surface area contributed by atoms with Gasteiger partial charge in [-0.1, -0.05) is 0 Å². The summed E-state index contributed by atoms with van der Waals surface area (Å²) >= 11 is 0. The molecule has 4 aliphatic rings. The summed E-state index contributed by atoms with van der Waals surface area (Å²) in [6.45, 7) is 1.92. The molecule has 33 heavy (non-hydrogen) atoms. The molecule has 0 aromatic carbocycles. The zero-order valence-corrected chi connectivity index (χ0v) is 18.3. The van der Waals surface area contributed by atoms with E-state index in [0.717, 1.165) is 0 Å². The molecule has 0 bridgehead atoms. The first kappa shape index (κ1) is 22.7. The Morgan fingerprint density at radius 3 is 2.61 bits per heavy atom. The molecular formula is C21H25N5O7. The topological polar surface area (TPSA) is 186 Å². The Hall–Kier alpha value is -3.48. The number of nitrogens with zero attached hydrogens (tertiary/aromatic N) is 2. The number of carbonyl (C=O) groups is 3. The van der Waals surface area contributed by atoms with Crippen LogP contribution in [0.25, 0.3) is 0 Å². The molecule has 3 aliphatic heterocycles. The van der Waals surface area contributed by atoms with E-state index in [1.165, 1.54) is 13.3 Å². The quantitative estimate of drug-likeness (QED) is 0.280. The van der Waals surface area contributed by atoms with E-state index in [0.29, 0.717) is 35.0 Å². The molecule has 1 aliphatic carbocycles. The molecule has 12 nitrogen and oxygen atoms in total. The number of allylic oxidation sites excluding steroid dienone is 2. The number of fused-ring (bicyclic) bond motifs is 4. The van der Waals surface area contributed by atoms with Gasteiger partial charge in [-0.15, -0.1) is 0 Å². The number of aromatic nitrogens is 1. The highest BCUT2D eigenvalue weighted by molar-refractivity contribution is 6.26. The van der Waals surface area contributed by atoms with E-state index < -0.39 is 17.7 Å². The maximum atomic E-state index is 13.5. The summed E-state index contributed by atoms with van der Waals surface area (Å²) in [5, 5.41) is 23.8. The number of carbonyl (C=O) groups excluding carboxylic acids is 2. The van der Waals surface area contributed by atoms with Crippen LogP contribution >= 0.6 is 0 Å². The van der Waals surface area contributed by atoms with Crippen molar-refractivity contribution in [1.82, 2.24) is 15.2 Å². The zero-order chi connectivity index (χ0) is 24.1. The van der Waals surface area contributed by atoms with Crippen LogP contribution in [0.4, 0.5) is 10.5 Å². The maximum absolute atomic E-state index is 13.5. The molecule has 176 valence electrons. The van der Waals surface area contributed by atoms with E-state index in [2.05, 4.69) is 21.4 Å². The van der Waals surface area contributed by atoms with Crippen LogP contribution in [0.3, 0.4) is 0 Å². The number of primary amides is 1. The SMILES string of the molecule is COc1ccc(NC2=C(C)C(=O)C3=C(C2=O)C(CO)C2(OC)C4NC4CN32)cn1.NC(=O)O. The van der Waals surface area contributed by atoms with Gasteiger partial charge in [-0.05, 0) is 13.0 Å². The van der Waals surface area contributed by atoms with Gasteiger partial charge in [-0.3, -0.25) is 9.59 Å². The van der Waals surface area contributed by atoms with Crippen molar-refractivity contribution in [2.24, 2.45) is 11.7 Å². The Morgan fingerprint density at radius 2 is 2.06 bits per heavy atom. The van der Waals surface area contributed by atoms with E-state index in [4.69, 9.17) is 19.4 Å². The van der Waals surface area contributed by atoms with Gasteiger partial charge in [0.25, 0.3) is 0 Å². The first-order valence-electron chi connectivity index (χ1n) is 10.2. The number of rotatable bonds is 5. The molecule has 1 aromatic rings. The van der Waals surface area contributed by atoms with Crippen LogP contribution in [0.2, 0.25) is 0 Å². The number of carboxylic acid groups (broad SMARTS) is 1. The fourth-order valence-electron chi connectivity index (χ4n) is 5.01. The number of hydrogen-bond acceptors (Lipinski definition) is 10. The van der Waals surface area contributed by atoms with Gasteiger partial charge in [0, 0.05) is 36.9 Å². The van der Waals surface area contributed by atoms with E-state index in [1.54, 1.807) is 26.2 Å². The molecule has 2 fully saturated rings. The van der Waals surface area contributed by atoms with Crippen LogP contribution in [0.1, 0.15) is 6.92 Å². The lowest BCUT2D eigenvalue weighted by atomic mass is 9.82. The smallest absolute Gasteiger partial charge is 0.402 e. The van der Waals surface area contributed by atoms with Crippen molar-refractivity contribution in [3.05, 3.63) is 40.9 Å². The fraction of sp³-hybridized carbons (Fsp3) is 0.429. The molecule has 4 unspecified atom stereocenters. The second-order valence-electron chi connectivity index (χ2n) is 8.03. The number of pyridine rings is 1. The van der Waals surface area contributed by atoms with Crippen LogP contribution in [0, 0.1) is 5.92 Å². The van der Waals surface area contributed by atoms with Crippen LogP contribution in [-0.2, 0) is 14.3 Å². The predicted molar refractivity (Wildman–Crippen MR) is 114 cm³/mol. The van der Waals surface area contributed by atoms with Crippen molar-refractivity contribution in [1.29, 1.82) is 0 Å². The number of Topliss-reactive ketones (excluding diaryl/α,β-unsaturated/α-hetero) is 2. The van der Waals surface area contributed by atoms with Crippen LogP contribution in [0.15, 0.2) is 40.9 Å². The normalized spacial score (nSPS) is 29.2. The summed E-state index contributed by atoms with van der Waals surface area (Å²) in [6.07, 6.45) is 0.201. The summed E-state index contributed by atoms with van der Waals surface area (Å²) in [7, 11) is 3.08. The molecule has 1 amide bonds. The summed E-state index contributed by atoms with van der Waals surface area (Å²) in [6, 6.07) is 3.58. The van der Waals surface area contributed by atoms with Crippen molar-refractivity contribution in [2.45, 2.75) is 24.7 Å². The molecule has 2 saturated heterocycles. The Kier molecular flexibility index (Phi) is 5.60. The molecule has 12 heteroatoms. The Balaban J connectivity index is 0.000000601. The first-order chi connectivity index (χ1) is 15.7. The lowest BCUT2D eigenvalue weighted by Crippen LogP contribution is -2.54. The fourth-order valence-corrected chi connectivity index (χ4v) is 5.01. The van der Waals surface area contributed by atoms with Gasteiger partial charge >= 0.3 is 6.09 Å². The highest BCUT2D eigenvalue weighted by Gasteiger charge is 2.72. The number of anilines is 1. The van der Waals surface area contributed by atoms with Gasteiger partial charge in [-0.2, -0.15) is 0 Å². The summed E-state index contributed by atoms with van der Waals surface area (Å²) in [4.78, 5) is 41.6. The number of ether oxygens (including phenoxy) is 2. The van der Waals surface area contributed by atoms with Crippen molar-refractivity contribution >= 4 is 23.3 Å². The van der Waals surface area contributed by atoms with E-state index in [-0.39, 0.29) is 36.0 Å². The number of nitrogens with one attached hydrogen (secondary N) is 2.